The number of aliphatic carboxylic acids is 1. The van der Waals surface area contributed by atoms with E-state index in [4.69, 9.17) is 34.0 Å². The average Bonchev–Trinajstić information content (AvgIpc) is 2.52. The van der Waals surface area contributed by atoms with Crippen molar-refractivity contribution in [2.45, 2.75) is 31.7 Å². The third kappa shape index (κ3) is 4.29. The molecule has 1 aromatic rings. The molecule has 0 aliphatic heterocycles. The summed E-state index contributed by atoms with van der Waals surface area (Å²) in [5.41, 5.74) is 6.80. The molecule has 0 radical (unpaired) electrons. The van der Waals surface area contributed by atoms with Gasteiger partial charge in [0.15, 0.2) is 0 Å². The molecular weight excluding hydrogens is 269 g/mol. The van der Waals surface area contributed by atoms with Crippen LogP contribution in [0.25, 0.3) is 0 Å². The Kier molecular flexibility index (Phi) is 5.55. The van der Waals surface area contributed by atoms with Gasteiger partial charge in [-0.15, -0.1) is 11.3 Å². The van der Waals surface area contributed by atoms with Crippen LogP contribution >= 0.6 is 34.5 Å². The van der Waals surface area contributed by atoms with Crippen LogP contribution in [0.1, 0.15) is 37.3 Å². The smallest absolute Gasteiger partial charge is 0.303 e. The third-order valence-electron chi connectivity index (χ3n) is 2.24. The zero-order valence-electron chi connectivity index (χ0n) is 8.58. The third-order valence-corrected chi connectivity index (χ3v) is 3.76. The van der Waals surface area contributed by atoms with Crippen molar-refractivity contribution in [2.75, 3.05) is 0 Å². The molecule has 16 heavy (non-hydrogen) atoms. The standard InChI is InChI=1S/C10H13Cl2NO2S/c11-8-5-6(10(12)16-8)7(13)3-1-2-4-9(14)15/h5,7H,1-4,13H2,(H,14,15). The predicted molar refractivity (Wildman–Crippen MR) is 67.4 cm³/mol. The molecule has 1 unspecified atom stereocenters. The van der Waals surface area contributed by atoms with Gasteiger partial charge >= 0.3 is 5.97 Å². The second-order valence-corrected chi connectivity index (χ2v) is 5.81. The van der Waals surface area contributed by atoms with Gasteiger partial charge in [-0.05, 0) is 24.5 Å². The highest BCUT2D eigenvalue weighted by Gasteiger charge is 2.13. The minimum Gasteiger partial charge on any atom is -0.481 e. The molecule has 3 nitrogen and oxygen atoms in total. The highest BCUT2D eigenvalue weighted by molar-refractivity contribution is 7.20. The van der Waals surface area contributed by atoms with Crippen LogP contribution in [0.4, 0.5) is 0 Å². The van der Waals surface area contributed by atoms with E-state index < -0.39 is 5.97 Å². The van der Waals surface area contributed by atoms with Gasteiger partial charge in [0.2, 0.25) is 0 Å². The van der Waals surface area contributed by atoms with E-state index in [1.165, 1.54) is 11.3 Å². The molecule has 0 bridgehead atoms. The first kappa shape index (κ1) is 13.8. The Bertz CT molecular complexity index is 368. The molecule has 90 valence electrons. The first-order valence-electron chi connectivity index (χ1n) is 4.93. The van der Waals surface area contributed by atoms with Crippen LogP contribution < -0.4 is 5.73 Å². The van der Waals surface area contributed by atoms with Crippen molar-refractivity contribution in [1.82, 2.24) is 0 Å². The number of halogens is 2. The van der Waals surface area contributed by atoms with Gasteiger partial charge in [-0.2, -0.15) is 0 Å². The minimum absolute atomic E-state index is 0.162. The van der Waals surface area contributed by atoms with Crippen molar-refractivity contribution in [2.24, 2.45) is 5.73 Å². The van der Waals surface area contributed by atoms with Crippen molar-refractivity contribution in [3.63, 3.8) is 0 Å². The molecule has 1 atom stereocenters. The number of nitrogens with two attached hydrogens (primary N) is 1. The number of hydrogen-bond donors (Lipinski definition) is 2. The largest absolute Gasteiger partial charge is 0.481 e. The SMILES string of the molecule is NC(CCCCC(=O)O)c1cc(Cl)sc1Cl. The van der Waals surface area contributed by atoms with Crippen molar-refractivity contribution < 1.29 is 9.90 Å². The van der Waals surface area contributed by atoms with E-state index in [0.717, 1.165) is 18.4 Å². The van der Waals surface area contributed by atoms with E-state index in [2.05, 4.69) is 0 Å². The summed E-state index contributed by atoms with van der Waals surface area (Å²) in [6.07, 6.45) is 2.32. The summed E-state index contributed by atoms with van der Waals surface area (Å²) < 4.78 is 1.25. The highest BCUT2D eigenvalue weighted by Crippen LogP contribution is 2.35. The first-order valence-corrected chi connectivity index (χ1v) is 6.50. The Labute approximate surface area is 108 Å². The summed E-state index contributed by atoms with van der Waals surface area (Å²) in [5, 5.41) is 8.48. The van der Waals surface area contributed by atoms with Crippen molar-refractivity contribution in [3.05, 3.63) is 20.3 Å². The Morgan fingerprint density at radius 3 is 2.69 bits per heavy atom. The van der Waals surface area contributed by atoms with Crippen LogP contribution in [0.15, 0.2) is 6.07 Å². The van der Waals surface area contributed by atoms with Gasteiger partial charge in [-0.3, -0.25) is 4.79 Å². The first-order chi connectivity index (χ1) is 7.50. The molecular formula is C10H13Cl2NO2S. The molecule has 0 spiro atoms. The lowest BCUT2D eigenvalue weighted by atomic mass is 10.0. The van der Waals surface area contributed by atoms with Gasteiger partial charge in [0.05, 0.1) is 8.67 Å². The maximum absolute atomic E-state index is 10.3. The Morgan fingerprint density at radius 2 is 2.19 bits per heavy atom. The van der Waals surface area contributed by atoms with E-state index in [9.17, 15) is 4.79 Å². The number of unbranched alkanes of at least 4 members (excludes halogenated alkanes) is 1. The quantitative estimate of drug-likeness (QED) is 0.782. The second kappa shape index (κ2) is 6.45. The Morgan fingerprint density at radius 1 is 1.50 bits per heavy atom. The van der Waals surface area contributed by atoms with Crippen molar-refractivity contribution >= 4 is 40.5 Å². The predicted octanol–water partition coefficient (Wildman–Crippen LogP) is 3.70. The van der Waals surface area contributed by atoms with E-state index in [-0.39, 0.29) is 12.5 Å². The Balaban J connectivity index is 2.38. The van der Waals surface area contributed by atoms with E-state index in [1.807, 2.05) is 0 Å². The fourth-order valence-corrected chi connectivity index (χ4v) is 3.00. The summed E-state index contributed by atoms with van der Waals surface area (Å²) in [5.74, 6) is -0.773. The summed E-state index contributed by atoms with van der Waals surface area (Å²) in [6.45, 7) is 0. The van der Waals surface area contributed by atoms with Crippen molar-refractivity contribution in [3.8, 4) is 0 Å². The number of thiophene rings is 1. The number of carboxylic acids is 1. The fourth-order valence-electron chi connectivity index (χ4n) is 1.40. The topological polar surface area (TPSA) is 63.3 Å². The number of carboxylic acid groups (broad SMARTS) is 1. The summed E-state index contributed by atoms with van der Waals surface area (Å²) >= 11 is 13.1. The summed E-state index contributed by atoms with van der Waals surface area (Å²) in [4.78, 5) is 10.3. The van der Waals surface area contributed by atoms with Crippen LogP contribution in [0.5, 0.6) is 0 Å². The summed E-state index contributed by atoms with van der Waals surface area (Å²) in [7, 11) is 0. The van der Waals surface area contributed by atoms with Crippen LogP contribution in [0, 0.1) is 0 Å². The zero-order chi connectivity index (χ0) is 12.1. The normalized spacial score (nSPS) is 12.7. The number of rotatable bonds is 6. The van der Waals surface area contributed by atoms with E-state index in [0.29, 0.717) is 15.1 Å². The molecule has 0 amide bonds. The van der Waals surface area contributed by atoms with Gasteiger partial charge < -0.3 is 10.8 Å². The fraction of sp³-hybridized carbons (Fsp3) is 0.500. The summed E-state index contributed by atoms with van der Waals surface area (Å²) in [6, 6.07) is 1.61. The lowest BCUT2D eigenvalue weighted by Gasteiger charge is -2.09. The van der Waals surface area contributed by atoms with E-state index in [1.54, 1.807) is 6.07 Å². The van der Waals surface area contributed by atoms with Crippen LogP contribution in [0.2, 0.25) is 8.67 Å². The van der Waals surface area contributed by atoms with Gasteiger partial charge in [-0.25, -0.2) is 0 Å². The molecule has 0 aliphatic rings. The molecule has 0 aromatic carbocycles. The molecule has 0 aliphatic carbocycles. The van der Waals surface area contributed by atoms with E-state index >= 15 is 0 Å². The average molecular weight is 282 g/mol. The van der Waals surface area contributed by atoms with Crippen LogP contribution in [-0.4, -0.2) is 11.1 Å². The second-order valence-electron chi connectivity index (χ2n) is 3.53. The molecule has 1 aromatic heterocycles. The molecule has 1 rings (SSSR count). The van der Waals surface area contributed by atoms with Crippen LogP contribution in [-0.2, 0) is 4.79 Å². The maximum Gasteiger partial charge on any atom is 0.303 e. The van der Waals surface area contributed by atoms with Crippen molar-refractivity contribution in [1.29, 1.82) is 0 Å². The monoisotopic (exact) mass is 281 g/mol. The zero-order valence-corrected chi connectivity index (χ0v) is 10.9. The number of carbonyl (C=O) groups is 1. The minimum atomic E-state index is -0.773. The highest BCUT2D eigenvalue weighted by atomic mass is 35.5. The lowest BCUT2D eigenvalue weighted by molar-refractivity contribution is -0.137. The van der Waals surface area contributed by atoms with Crippen LogP contribution in [0.3, 0.4) is 0 Å². The number of hydrogen-bond acceptors (Lipinski definition) is 3. The molecule has 3 N–H and O–H groups in total. The molecule has 6 heteroatoms. The van der Waals surface area contributed by atoms with Gasteiger partial charge in [0.25, 0.3) is 0 Å². The molecule has 0 saturated heterocycles. The molecule has 1 heterocycles. The van der Waals surface area contributed by atoms with Gasteiger partial charge in [0.1, 0.15) is 0 Å². The molecule has 0 saturated carbocycles. The molecule has 0 fully saturated rings. The van der Waals surface area contributed by atoms with Gasteiger partial charge in [0, 0.05) is 12.5 Å². The lowest BCUT2D eigenvalue weighted by Crippen LogP contribution is -2.09. The van der Waals surface area contributed by atoms with Gasteiger partial charge in [-0.1, -0.05) is 29.6 Å². The Hall–Kier alpha value is -0.290. The maximum atomic E-state index is 10.3.